The highest BCUT2D eigenvalue weighted by Crippen LogP contribution is 2.23. The lowest BCUT2D eigenvalue weighted by Gasteiger charge is -2.31. The van der Waals surface area contributed by atoms with Crippen LogP contribution < -0.4 is 5.43 Å². The molecule has 1 saturated heterocycles. The molecule has 1 fully saturated rings. The second-order valence-electron chi connectivity index (χ2n) is 7.47. The summed E-state index contributed by atoms with van der Waals surface area (Å²) in [4.78, 5) is 17.0. The number of aromatic hydroxyl groups is 1. The average Bonchev–Trinajstić information content (AvgIpc) is 2.70. The summed E-state index contributed by atoms with van der Waals surface area (Å²) in [6.07, 6.45) is 0.998. The van der Waals surface area contributed by atoms with Crippen molar-refractivity contribution >= 4 is 0 Å². The maximum Gasteiger partial charge on any atom is 0.223 e. The van der Waals surface area contributed by atoms with Crippen molar-refractivity contribution in [3.63, 3.8) is 0 Å². The molecular formula is C21H27N3O3. The van der Waals surface area contributed by atoms with Crippen molar-refractivity contribution in [2.45, 2.75) is 26.1 Å². The predicted molar refractivity (Wildman–Crippen MR) is 104 cm³/mol. The van der Waals surface area contributed by atoms with Crippen LogP contribution in [0.4, 0.5) is 0 Å². The summed E-state index contributed by atoms with van der Waals surface area (Å²) < 4.78 is 7.40. The minimum Gasteiger partial charge on any atom is -0.503 e. The molecule has 0 saturated carbocycles. The van der Waals surface area contributed by atoms with E-state index in [1.54, 1.807) is 6.07 Å². The van der Waals surface area contributed by atoms with Crippen LogP contribution in [-0.4, -0.2) is 52.3 Å². The first-order valence-corrected chi connectivity index (χ1v) is 9.62. The Morgan fingerprint density at radius 2 is 1.78 bits per heavy atom. The van der Waals surface area contributed by atoms with Gasteiger partial charge in [-0.15, -0.1) is 0 Å². The lowest BCUT2D eigenvalue weighted by molar-refractivity contribution is 0.0331. The Morgan fingerprint density at radius 3 is 2.56 bits per heavy atom. The third-order valence-electron chi connectivity index (χ3n) is 5.71. The van der Waals surface area contributed by atoms with Crippen molar-refractivity contribution in [2.24, 2.45) is 7.05 Å². The van der Waals surface area contributed by atoms with Crippen molar-refractivity contribution in [3.8, 4) is 5.75 Å². The summed E-state index contributed by atoms with van der Waals surface area (Å²) in [6, 6.07) is 10.1. The van der Waals surface area contributed by atoms with Crippen LogP contribution >= 0.6 is 0 Å². The molecule has 0 unspecified atom stereocenters. The standard InChI is InChI=1S/C21H27N3O3/c1-22-18(14-23-8-10-27-11-9-23)12-20(25)21(26)19(22)15-24-7-6-16-4-2-3-5-17(16)13-24/h2-5,12,26H,6-11,13-15H2,1H3. The van der Waals surface area contributed by atoms with Crippen LogP contribution in [0.5, 0.6) is 5.75 Å². The fourth-order valence-corrected chi connectivity index (χ4v) is 4.01. The van der Waals surface area contributed by atoms with Gasteiger partial charge < -0.3 is 14.4 Å². The number of hydrogen-bond acceptors (Lipinski definition) is 5. The summed E-state index contributed by atoms with van der Waals surface area (Å²) in [6.45, 7) is 6.24. The first-order valence-electron chi connectivity index (χ1n) is 9.62. The van der Waals surface area contributed by atoms with Gasteiger partial charge in [-0.3, -0.25) is 14.6 Å². The number of benzene rings is 1. The zero-order valence-corrected chi connectivity index (χ0v) is 15.9. The van der Waals surface area contributed by atoms with E-state index in [1.165, 1.54) is 11.1 Å². The van der Waals surface area contributed by atoms with Gasteiger partial charge in [-0.1, -0.05) is 24.3 Å². The third-order valence-corrected chi connectivity index (χ3v) is 5.71. The largest absolute Gasteiger partial charge is 0.503 e. The first-order chi connectivity index (χ1) is 13.1. The Labute approximate surface area is 159 Å². The van der Waals surface area contributed by atoms with Gasteiger partial charge in [0.1, 0.15) is 0 Å². The smallest absolute Gasteiger partial charge is 0.223 e. The van der Waals surface area contributed by atoms with Crippen LogP contribution in [0.2, 0.25) is 0 Å². The SMILES string of the molecule is Cn1c(CN2CCOCC2)cc(=O)c(O)c1CN1CCc2ccccc2C1. The van der Waals surface area contributed by atoms with Gasteiger partial charge in [-0.2, -0.15) is 0 Å². The molecular weight excluding hydrogens is 342 g/mol. The molecule has 3 heterocycles. The maximum absolute atomic E-state index is 12.4. The molecule has 2 aliphatic heterocycles. The molecule has 0 radical (unpaired) electrons. The van der Waals surface area contributed by atoms with Crippen molar-refractivity contribution in [1.29, 1.82) is 0 Å². The highest BCUT2D eigenvalue weighted by Gasteiger charge is 2.21. The Balaban J connectivity index is 1.56. The quantitative estimate of drug-likeness (QED) is 0.885. The van der Waals surface area contributed by atoms with E-state index in [2.05, 4.69) is 34.1 Å². The van der Waals surface area contributed by atoms with Gasteiger partial charge in [0.15, 0.2) is 5.75 Å². The number of fused-ring (bicyclic) bond motifs is 1. The van der Waals surface area contributed by atoms with Gasteiger partial charge >= 0.3 is 0 Å². The molecule has 1 aromatic carbocycles. The Bertz CT molecular complexity index is 871. The topological polar surface area (TPSA) is 57.9 Å². The summed E-state index contributed by atoms with van der Waals surface area (Å²) >= 11 is 0. The molecule has 6 nitrogen and oxygen atoms in total. The van der Waals surface area contributed by atoms with E-state index in [4.69, 9.17) is 4.74 Å². The van der Waals surface area contributed by atoms with E-state index in [0.717, 1.165) is 51.5 Å². The normalized spacial score (nSPS) is 18.4. The molecule has 4 rings (SSSR count). The molecule has 6 heteroatoms. The van der Waals surface area contributed by atoms with Crippen LogP contribution in [0.15, 0.2) is 35.1 Å². The van der Waals surface area contributed by atoms with Crippen LogP contribution in [0.25, 0.3) is 0 Å². The summed E-state index contributed by atoms with van der Waals surface area (Å²) in [5.41, 5.74) is 4.08. The Kier molecular flexibility index (Phi) is 5.29. The van der Waals surface area contributed by atoms with E-state index in [1.807, 2.05) is 11.6 Å². The number of hydrogen-bond donors (Lipinski definition) is 1. The number of morpholine rings is 1. The van der Waals surface area contributed by atoms with E-state index in [0.29, 0.717) is 18.8 Å². The molecule has 2 aromatic rings. The zero-order valence-electron chi connectivity index (χ0n) is 15.9. The number of nitrogens with zero attached hydrogens (tertiary/aromatic N) is 3. The second-order valence-corrected chi connectivity index (χ2v) is 7.47. The molecule has 1 aromatic heterocycles. The molecule has 1 N–H and O–H groups in total. The van der Waals surface area contributed by atoms with Crippen molar-refractivity contribution in [2.75, 3.05) is 32.8 Å². The lowest BCUT2D eigenvalue weighted by atomic mass is 10.00. The van der Waals surface area contributed by atoms with Crippen molar-refractivity contribution in [1.82, 2.24) is 14.4 Å². The first kappa shape index (κ1) is 18.2. The number of pyridine rings is 1. The Hall–Kier alpha value is -2.15. The van der Waals surface area contributed by atoms with E-state index >= 15 is 0 Å². The fourth-order valence-electron chi connectivity index (χ4n) is 4.01. The summed E-state index contributed by atoms with van der Waals surface area (Å²) in [5.74, 6) is -0.123. The van der Waals surface area contributed by atoms with E-state index in [9.17, 15) is 9.90 Å². The summed E-state index contributed by atoms with van der Waals surface area (Å²) in [5, 5.41) is 10.4. The van der Waals surface area contributed by atoms with Crippen LogP contribution in [0, 0.1) is 0 Å². The molecule has 0 amide bonds. The highest BCUT2D eigenvalue weighted by molar-refractivity contribution is 5.32. The number of rotatable bonds is 4. The fraction of sp³-hybridized carbons (Fsp3) is 0.476. The molecule has 2 aliphatic rings. The lowest BCUT2D eigenvalue weighted by Crippen LogP contribution is -2.37. The van der Waals surface area contributed by atoms with Crippen LogP contribution in [0.1, 0.15) is 22.5 Å². The van der Waals surface area contributed by atoms with Crippen LogP contribution in [0.3, 0.4) is 0 Å². The molecule has 27 heavy (non-hydrogen) atoms. The maximum atomic E-state index is 12.4. The average molecular weight is 369 g/mol. The molecule has 144 valence electrons. The van der Waals surface area contributed by atoms with E-state index in [-0.39, 0.29) is 11.2 Å². The van der Waals surface area contributed by atoms with Crippen LogP contribution in [-0.2, 0) is 37.8 Å². The van der Waals surface area contributed by atoms with E-state index < -0.39 is 0 Å². The number of aromatic nitrogens is 1. The molecule has 0 aliphatic carbocycles. The summed E-state index contributed by atoms with van der Waals surface area (Å²) in [7, 11) is 1.95. The minimum absolute atomic E-state index is 0.123. The van der Waals surface area contributed by atoms with Crippen molar-refractivity contribution < 1.29 is 9.84 Å². The van der Waals surface area contributed by atoms with Crippen molar-refractivity contribution in [3.05, 3.63) is 63.1 Å². The second kappa shape index (κ2) is 7.84. The molecule has 0 spiro atoms. The van der Waals surface area contributed by atoms with Gasteiger partial charge in [0.05, 0.1) is 18.9 Å². The third kappa shape index (κ3) is 3.93. The molecule has 0 atom stereocenters. The van der Waals surface area contributed by atoms with Gasteiger partial charge in [0.25, 0.3) is 0 Å². The predicted octanol–water partition coefficient (Wildman–Crippen LogP) is 1.48. The monoisotopic (exact) mass is 369 g/mol. The highest BCUT2D eigenvalue weighted by atomic mass is 16.5. The Morgan fingerprint density at radius 1 is 1.04 bits per heavy atom. The van der Waals surface area contributed by atoms with Gasteiger partial charge in [-0.05, 0) is 17.5 Å². The van der Waals surface area contributed by atoms with Gasteiger partial charge in [-0.25, -0.2) is 0 Å². The zero-order chi connectivity index (χ0) is 18.8. The minimum atomic E-state index is -0.288. The van der Waals surface area contributed by atoms with Gasteiger partial charge in [0.2, 0.25) is 5.43 Å². The van der Waals surface area contributed by atoms with Gasteiger partial charge in [0, 0.05) is 58.1 Å². The number of ether oxygens (including phenoxy) is 1. The molecule has 0 bridgehead atoms.